The molecule has 0 aliphatic rings. The summed E-state index contributed by atoms with van der Waals surface area (Å²) in [5.41, 5.74) is 1.96. The lowest BCUT2D eigenvalue weighted by Gasteiger charge is -2.11. The zero-order valence-electron chi connectivity index (χ0n) is 13.0. The van der Waals surface area contributed by atoms with Crippen LogP contribution in [0, 0.1) is 6.92 Å². The first-order valence-corrected chi connectivity index (χ1v) is 9.60. The molecule has 0 atom stereocenters. The van der Waals surface area contributed by atoms with Crippen LogP contribution in [0.4, 0.5) is 0 Å². The van der Waals surface area contributed by atoms with Crippen LogP contribution < -0.4 is 5.32 Å². The van der Waals surface area contributed by atoms with Gasteiger partial charge in [-0.3, -0.25) is 9.36 Å². The Bertz CT molecular complexity index is 830. The van der Waals surface area contributed by atoms with Crippen molar-refractivity contribution in [1.82, 2.24) is 14.9 Å². The van der Waals surface area contributed by atoms with Gasteiger partial charge < -0.3 is 5.32 Å². The summed E-state index contributed by atoms with van der Waals surface area (Å²) in [6.45, 7) is 2.54. The molecule has 0 aliphatic carbocycles. The molecule has 2 aromatic heterocycles. The fourth-order valence-electron chi connectivity index (χ4n) is 2.22. The van der Waals surface area contributed by atoms with Gasteiger partial charge in [-0.25, -0.2) is 4.98 Å². The Balaban J connectivity index is 1.63. The van der Waals surface area contributed by atoms with E-state index in [1.165, 1.54) is 11.8 Å². The van der Waals surface area contributed by atoms with Gasteiger partial charge in [0, 0.05) is 22.3 Å². The van der Waals surface area contributed by atoms with Crippen molar-refractivity contribution in [2.75, 3.05) is 5.75 Å². The van der Waals surface area contributed by atoms with E-state index in [1.807, 2.05) is 53.4 Å². The van der Waals surface area contributed by atoms with Gasteiger partial charge in [0.2, 0.25) is 5.91 Å². The van der Waals surface area contributed by atoms with Gasteiger partial charge in [-0.1, -0.05) is 35.5 Å². The molecular weight excluding hydrogens is 362 g/mol. The number of amides is 1. The maximum Gasteiger partial charge on any atom is 0.230 e. The van der Waals surface area contributed by atoms with Crippen molar-refractivity contribution in [3.05, 3.63) is 63.6 Å². The van der Waals surface area contributed by atoms with Crippen LogP contribution in [0.1, 0.15) is 10.4 Å². The number of nitrogens with one attached hydrogen (secondary N) is 1. The summed E-state index contributed by atoms with van der Waals surface area (Å²) in [6, 6.07) is 9.75. The Labute approximate surface area is 153 Å². The van der Waals surface area contributed by atoms with E-state index in [0.717, 1.165) is 21.3 Å². The summed E-state index contributed by atoms with van der Waals surface area (Å²) in [5.74, 6) is 0.313. The minimum Gasteiger partial charge on any atom is -0.350 e. The molecule has 0 fully saturated rings. The Kier molecular flexibility index (Phi) is 5.60. The molecule has 0 aliphatic heterocycles. The molecule has 2 heterocycles. The number of rotatable bonds is 6. The van der Waals surface area contributed by atoms with Gasteiger partial charge in [-0.05, 0) is 36.1 Å². The monoisotopic (exact) mass is 377 g/mol. The summed E-state index contributed by atoms with van der Waals surface area (Å²) in [6.07, 6.45) is 3.61. The molecule has 0 bridgehead atoms. The minimum atomic E-state index is -0.00855. The maximum absolute atomic E-state index is 12.0. The second-order valence-corrected chi connectivity index (χ2v) is 7.49. The molecule has 0 saturated carbocycles. The van der Waals surface area contributed by atoms with Crippen molar-refractivity contribution in [2.45, 2.75) is 18.6 Å². The van der Waals surface area contributed by atoms with Crippen LogP contribution in [-0.2, 0) is 11.3 Å². The van der Waals surface area contributed by atoms with Gasteiger partial charge in [0.1, 0.15) is 0 Å². The van der Waals surface area contributed by atoms with Crippen molar-refractivity contribution < 1.29 is 4.79 Å². The summed E-state index contributed by atoms with van der Waals surface area (Å²) in [5, 5.41) is 6.40. The molecule has 1 amide bonds. The molecular formula is C17H16ClN3OS2. The zero-order valence-corrected chi connectivity index (χ0v) is 15.4. The Morgan fingerprint density at radius 3 is 3.04 bits per heavy atom. The lowest BCUT2D eigenvalue weighted by molar-refractivity contribution is -0.118. The van der Waals surface area contributed by atoms with E-state index in [1.54, 1.807) is 17.5 Å². The molecule has 3 aromatic rings. The number of halogens is 1. The van der Waals surface area contributed by atoms with E-state index in [9.17, 15) is 4.79 Å². The molecule has 7 heteroatoms. The number of hydrogen-bond acceptors (Lipinski definition) is 4. The molecule has 0 radical (unpaired) electrons. The van der Waals surface area contributed by atoms with E-state index >= 15 is 0 Å². The topological polar surface area (TPSA) is 46.9 Å². The number of carbonyl (C=O) groups is 1. The Morgan fingerprint density at radius 2 is 2.25 bits per heavy atom. The van der Waals surface area contributed by atoms with E-state index in [-0.39, 0.29) is 5.91 Å². The molecule has 1 N–H and O–H groups in total. The summed E-state index contributed by atoms with van der Waals surface area (Å²) >= 11 is 9.24. The van der Waals surface area contributed by atoms with E-state index in [2.05, 4.69) is 10.3 Å². The molecule has 3 rings (SSSR count). The van der Waals surface area contributed by atoms with Crippen molar-refractivity contribution in [3.63, 3.8) is 0 Å². The largest absolute Gasteiger partial charge is 0.350 e. The Hall–Kier alpha value is -1.76. The summed E-state index contributed by atoms with van der Waals surface area (Å²) < 4.78 is 1.96. The number of thioether (sulfide) groups is 1. The van der Waals surface area contributed by atoms with Gasteiger partial charge in [-0.15, -0.1) is 11.3 Å². The third-order valence-corrected chi connectivity index (χ3v) is 5.73. The number of nitrogens with zero attached hydrogens (tertiary/aromatic N) is 2. The van der Waals surface area contributed by atoms with Crippen LogP contribution in [-0.4, -0.2) is 21.2 Å². The highest BCUT2D eigenvalue weighted by Gasteiger charge is 2.11. The predicted molar refractivity (Wildman–Crippen MR) is 100 cm³/mol. The molecule has 4 nitrogen and oxygen atoms in total. The molecule has 124 valence electrons. The fraction of sp³-hybridized carbons (Fsp3) is 0.176. The highest BCUT2D eigenvalue weighted by atomic mass is 35.5. The van der Waals surface area contributed by atoms with Crippen LogP contribution in [0.3, 0.4) is 0 Å². The zero-order chi connectivity index (χ0) is 16.9. The average molecular weight is 378 g/mol. The van der Waals surface area contributed by atoms with Crippen molar-refractivity contribution in [2.24, 2.45) is 0 Å². The molecule has 1 aromatic carbocycles. The fourth-order valence-corrected chi connectivity index (χ4v) is 3.83. The second-order valence-electron chi connectivity index (χ2n) is 5.11. The van der Waals surface area contributed by atoms with Gasteiger partial charge in [-0.2, -0.15) is 0 Å². The molecule has 0 spiro atoms. The van der Waals surface area contributed by atoms with E-state index < -0.39 is 0 Å². The van der Waals surface area contributed by atoms with Crippen LogP contribution >= 0.6 is 34.7 Å². The van der Waals surface area contributed by atoms with Crippen LogP contribution in [0.15, 0.2) is 53.3 Å². The second kappa shape index (κ2) is 7.88. The van der Waals surface area contributed by atoms with Gasteiger partial charge >= 0.3 is 0 Å². The van der Waals surface area contributed by atoms with Gasteiger partial charge in [0.15, 0.2) is 5.16 Å². The number of carbonyl (C=O) groups excluding carboxylic acids is 1. The highest BCUT2D eigenvalue weighted by Crippen LogP contribution is 2.26. The van der Waals surface area contributed by atoms with E-state index in [4.69, 9.17) is 11.6 Å². The van der Waals surface area contributed by atoms with E-state index in [0.29, 0.717) is 17.3 Å². The SMILES string of the molecule is Cc1c(Cl)cccc1-n1ccnc1SCC(=O)NCc1cccs1. The summed E-state index contributed by atoms with van der Waals surface area (Å²) in [7, 11) is 0. The Morgan fingerprint density at radius 1 is 1.38 bits per heavy atom. The number of hydrogen-bond donors (Lipinski definition) is 1. The van der Waals surface area contributed by atoms with Crippen molar-refractivity contribution >= 4 is 40.6 Å². The van der Waals surface area contributed by atoms with Crippen LogP contribution in [0.2, 0.25) is 5.02 Å². The quantitative estimate of drug-likeness (QED) is 0.651. The standard InChI is InChI=1S/C17H16ClN3OS2/c1-12-14(18)5-2-6-15(12)21-8-7-19-17(21)24-11-16(22)20-10-13-4-3-9-23-13/h2-9H,10-11H2,1H3,(H,20,22). The third kappa shape index (κ3) is 4.01. The highest BCUT2D eigenvalue weighted by molar-refractivity contribution is 7.99. The first kappa shape index (κ1) is 17.1. The number of aromatic nitrogens is 2. The minimum absolute atomic E-state index is 0.00855. The first-order valence-electron chi connectivity index (χ1n) is 7.36. The van der Waals surface area contributed by atoms with Crippen LogP contribution in [0.5, 0.6) is 0 Å². The molecule has 0 unspecified atom stereocenters. The lowest BCUT2D eigenvalue weighted by Crippen LogP contribution is -2.24. The predicted octanol–water partition coefficient (Wildman–Crippen LogP) is 4.30. The van der Waals surface area contributed by atoms with Crippen LogP contribution in [0.25, 0.3) is 5.69 Å². The molecule has 24 heavy (non-hydrogen) atoms. The third-order valence-electron chi connectivity index (χ3n) is 3.48. The first-order chi connectivity index (χ1) is 11.6. The van der Waals surface area contributed by atoms with Gasteiger partial charge in [0.05, 0.1) is 18.0 Å². The van der Waals surface area contributed by atoms with Crippen molar-refractivity contribution in [1.29, 1.82) is 0 Å². The lowest BCUT2D eigenvalue weighted by atomic mass is 10.2. The van der Waals surface area contributed by atoms with Gasteiger partial charge in [0.25, 0.3) is 0 Å². The molecule has 0 saturated heterocycles. The average Bonchev–Trinajstić information content (AvgIpc) is 3.25. The smallest absolute Gasteiger partial charge is 0.230 e. The normalized spacial score (nSPS) is 10.8. The number of imidazole rings is 1. The summed E-state index contributed by atoms with van der Waals surface area (Å²) in [4.78, 5) is 17.5. The van der Waals surface area contributed by atoms with Crippen molar-refractivity contribution in [3.8, 4) is 5.69 Å². The number of thiophene rings is 1. The number of benzene rings is 1. The maximum atomic E-state index is 12.0.